The molecule has 2 rings (SSSR count). The van der Waals surface area contributed by atoms with Crippen LogP contribution in [0.15, 0.2) is 72.6 Å². The maximum Gasteiger partial charge on any atom is 0.261 e. The molecule has 176 valence electrons. The number of hydrogen-bond acceptors (Lipinski definition) is 2. The summed E-state index contributed by atoms with van der Waals surface area (Å²) >= 11 is 0. The predicted octanol–water partition coefficient (Wildman–Crippen LogP) is 5.25. The van der Waals surface area contributed by atoms with Crippen molar-refractivity contribution < 1.29 is 13.0 Å². The fourth-order valence-corrected chi connectivity index (χ4v) is 9.11. The van der Waals surface area contributed by atoms with Crippen LogP contribution in [0.1, 0.15) is 54.9 Å². The highest BCUT2D eigenvalue weighted by Crippen LogP contribution is 2.36. The van der Waals surface area contributed by atoms with Gasteiger partial charge in [-0.3, -0.25) is 0 Å². The van der Waals surface area contributed by atoms with Crippen LogP contribution in [0.4, 0.5) is 4.39 Å². The van der Waals surface area contributed by atoms with Crippen LogP contribution in [0.2, 0.25) is 5.04 Å². The van der Waals surface area contributed by atoms with Gasteiger partial charge in [-0.15, -0.1) is 0 Å². The van der Waals surface area contributed by atoms with E-state index >= 15 is 0 Å². The molecule has 0 bridgehead atoms. The summed E-state index contributed by atoms with van der Waals surface area (Å²) in [5, 5.41) is 2.30. The van der Waals surface area contributed by atoms with Gasteiger partial charge in [0.05, 0.1) is 21.8 Å². The average Bonchev–Trinajstić information content (AvgIpc) is 2.73. The van der Waals surface area contributed by atoms with E-state index in [4.69, 9.17) is 4.43 Å². The SMILES string of the molecule is C[C@H](NS(=O)C(C)(C)C)/C(F)=C/CCO[Si](c1ccccc1)(c1ccccc1)C(C)(C)C. The van der Waals surface area contributed by atoms with E-state index in [1.165, 1.54) is 10.4 Å². The van der Waals surface area contributed by atoms with Gasteiger partial charge < -0.3 is 4.43 Å². The molecule has 0 radical (unpaired) electrons. The van der Waals surface area contributed by atoms with Crippen molar-refractivity contribution in [2.75, 3.05) is 6.61 Å². The number of hydrogen-bond donors (Lipinski definition) is 1. The zero-order chi connectivity index (χ0) is 24.0. The summed E-state index contributed by atoms with van der Waals surface area (Å²) in [6.07, 6.45) is 2.00. The van der Waals surface area contributed by atoms with Gasteiger partial charge in [0.2, 0.25) is 0 Å². The Balaban J connectivity index is 2.23. The Morgan fingerprint density at radius 3 is 1.88 bits per heavy atom. The number of rotatable bonds is 9. The van der Waals surface area contributed by atoms with Crippen LogP contribution in [0, 0.1) is 0 Å². The summed E-state index contributed by atoms with van der Waals surface area (Å²) in [6, 6.07) is 20.2. The zero-order valence-electron chi connectivity index (χ0n) is 20.4. The van der Waals surface area contributed by atoms with Crippen molar-refractivity contribution >= 4 is 29.7 Å². The van der Waals surface area contributed by atoms with Crippen LogP contribution in [0.3, 0.4) is 0 Å². The Hall–Kier alpha value is -1.60. The van der Waals surface area contributed by atoms with E-state index in [0.717, 1.165) is 0 Å². The lowest BCUT2D eigenvalue weighted by atomic mass is 10.2. The summed E-state index contributed by atoms with van der Waals surface area (Å²) in [4.78, 5) is 0. The molecule has 0 heterocycles. The van der Waals surface area contributed by atoms with Gasteiger partial charge in [0.1, 0.15) is 5.83 Å². The first-order chi connectivity index (χ1) is 14.9. The fourth-order valence-electron chi connectivity index (χ4n) is 3.74. The fraction of sp³-hybridized carbons (Fsp3) is 0.462. The van der Waals surface area contributed by atoms with Gasteiger partial charge in [-0.2, -0.15) is 0 Å². The van der Waals surface area contributed by atoms with Crippen LogP contribution >= 0.6 is 0 Å². The van der Waals surface area contributed by atoms with E-state index in [-0.39, 0.29) is 10.9 Å². The summed E-state index contributed by atoms with van der Waals surface area (Å²) in [5.41, 5.74) is 0. The van der Waals surface area contributed by atoms with Crippen molar-refractivity contribution in [1.29, 1.82) is 0 Å². The third-order valence-electron chi connectivity index (χ3n) is 5.45. The summed E-state index contributed by atoms with van der Waals surface area (Å²) in [5.74, 6) is -0.311. The van der Waals surface area contributed by atoms with Gasteiger partial charge in [-0.1, -0.05) is 81.4 Å². The zero-order valence-corrected chi connectivity index (χ0v) is 22.3. The number of halogens is 1. The third-order valence-corrected chi connectivity index (χ3v) is 12.2. The van der Waals surface area contributed by atoms with Crippen molar-refractivity contribution in [1.82, 2.24) is 4.72 Å². The molecule has 0 aliphatic rings. The molecule has 3 nitrogen and oxygen atoms in total. The maximum atomic E-state index is 14.7. The normalized spacial score (nSPS) is 15.4. The summed E-state index contributed by atoms with van der Waals surface area (Å²) in [6.45, 7) is 14.4. The van der Waals surface area contributed by atoms with Gasteiger partial charge in [0, 0.05) is 6.61 Å². The molecule has 1 N–H and O–H groups in total. The van der Waals surface area contributed by atoms with Crippen molar-refractivity contribution in [2.45, 2.75) is 70.7 Å². The van der Waals surface area contributed by atoms with E-state index in [1.807, 2.05) is 32.9 Å². The smallest absolute Gasteiger partial charge is 0.261 e. The van der Waals surface area contributed by atoms with E-state index in [1.54, 1.807) is 13.0 Å². The van der Waals surface area contributed by atoms with Crippen molar-refractivity contribution in [3.8, 4) is 0 Å². The molecule has 0 amide bonds. The standard InChI is InChI=1S/C26H38FNO2SSi/c1-21(28-31(29)25(2,3)4)24(27)19-14-20-30-32(26(5,6)7,22-15-10-8-11-16-22)23-17-12-9-13-18-23/h8-13,15-19,21,28H,14,20H2,1-7H3/b24-19-/t21-,31?/m0/s1. The van der Waals surface area contributed by atoms with Gasteiger partial charge in [-0.05, 0) is 55.6 Å². The Kier molecular flexibility index (Phi) is 9.17. The molecule has 0 aliphatic heterocycles. The second-order valence-electron chi connectivity index (χ2n) is 10.1. The highest BCUT2D eigenvalue weighted by atomic mass is 32.2. The van der Waals surface area contributed by atoms with Crippen LogP contribution in [0.25, 0.3) is 0 Å². The second-order valence-corrected chi connectivity index (χ2v) is 16.4. The number of benzene rings is 2. The van der Waals surface area contributed by atoms with E-state index < -0.39 is 30.1 Å². The first-order valence-corrected chi connectivity index (χ1v) is 14.2. The lowest BCUT2D eigenvalue weighted by Gasteiger charge is -2.43. The summed E-state index contributed by atoms with van der Waals surface area (Å²) in [7, 11) is -3.94. The first-order valence-electron chi connectivity index (χ1n) is 11.2. The van der Waals surface area contributed by atoms with E-state index in [2.05, 4.69) is 74.0 Å². The molecular formula is C26H38FNO2SSi. The molecule has 1 unspecified atom stereocenters. The molecule has 2 atom stereocenters. The molecule has 0 fully saturated rings. The molecule has 6 heteroatoms. The molecule has 0 aromatic heterocycles. The van der Waals surface area contributed by atoms with Crippen LogP contribution in [0.5, 0.6) is 0 Å². The first kappa shape index (κ1) is 26.6. The average molecular weight is 476 g/mol. The minimum atomic E-state index is -2.62. The minimum absolute atomic E-state index is 0.115. The lowest BCUT2D eigenvalue weighted by Crippen LogP contribution is -2.66. The molecule has 0 aliphatic carbocycles. The minimum Gasteiger partial charge on any atom is -0.407 e. The van der Waals surface area contributed by atoms with Crippen molar-refractivity contribution in [2.24, 2.45) is 0 Å². The molecule has 32 heavy (non-hydrogen) atoms. The van der Waals surface area contributed by atoms with Gasteiger partial charge >= 0.3 is 0 Å². The van der Waals surface area contributed by atoms with Crippen LogP contribution < -0.4 is 15.1 Å². The monoisotopic (exact) mass is 475 g/mol. The molecular weight excluding hydrogens is 437 g/mol. The third kappa shape index (κ3) is 6.47. The highest BCUT2D eigenvalue weighted by Gasteiger charge is 2.49. The highest BCUT2D eigenvalue weighted by molar-refractivity contribution is 7.84. The van der Waals surface area contributed by atoms with Crippen molar-refractivity contribution in [3.05, 3.63) is 72.6 Å². The van der Waals surface area contributed by atoms with Crippen LogP contribution in [-0.2, 0) is 15.4 Å². The predicted molar refractivity (Wildman–Crippen MR) is 138 cm³/mol. The molecule has 0 saturated heterocycles. The quantitative estimate of drug-likeness (QED) is 0.397. The topological polar surface area (TPSA) is 38.3 Å². The Morgan fingerprint density at radius 1 is 1.00 bits per heavy atom. The van der Waals surface area contributed by atoms with Gasteiger partial charge in [-0.25, -0.2) is 13.3 Å². The Labute approximate surface area is 197 Å². The lowest BCUT2D eigenvalue weighted by molar-refractivity contribution is 0.303. The number of nitrogens with one attached hydrogen (secondary N) is 1. The largest absolute Gasteiger partial charge is 0.407 e. The molecule has 2 aromatic rings. The Bertz CT molecular complexity index is 865. The molecule has 2 aromatic carbocycles. The Morgan fingerprint density at radius 2 is 1.47 bits per heavy atom. The van der Waals surface area contributed by atoms with E-state index in [9.17, 15) is 8.60 Å². The molecule has 0 saturated carbocycles. The summed E-state index contributed by atoms with van der Waals surface area (Å²) < 4.78 is 36.1. The van der Waals surface area contributed by atoms with Crippen LogP contribution in [-0.4, -0.2) is 29.9 Å². The maximum absolute atomic E-state index is 14.7. The van der Waals surface area contributed by atoms with Gasteiger partial charge in [0.15, 0.2) is 0 Å². The van der Waals surface area contributed by atoms with Gasteiger partial charge in [0.25, 0.3) is 8.32 Å². The molecule has 0 spiro atoms. The van der Waals surface area contributed by atoms with E-state index in [0.29, 0.717) is 13.0 Å². The van der Waals surface area contributed by atoms with Crippen molar-refractivity contribution in [3.63, 3.8) is 0 Å². The second kappa shape index (κ2) is 11.0.